The van der Waals surface area contributed by atoms with Gasteiger partial charge in [-0.15, -0.1) is 11.6 Å². The standard InChI is InChI=1S/C10H22ClN/c1-5-8(2)7-12-10(4)9(3)6-11/h8-10,12H,5-7H2,1-4H3. The van der Waals surface area contributed by atoms with Crippen molar-refractivity contribution < 1.29 is 0 Å². The fourth-order valence-corrected chi connectivity index (χ4v) is 1.13. The third-order valence-corrected chi connectivity index (χ3v) is 3.07. The summed E-state index contributed by atoms with van der Waals surface area (Å²) in [5.41, 5.74) is 0. The van der Waals surface area contributed by atoms with Crippen LogP contribution in [0.3, 0.4) is 0 Å². The Balaban J connectivity index is 3.49. The van der Waals surface area contributed by atoms with Crippen molar-refractivity contribution in [1.82, 2.24) is 5.32 Å². The van der Waals surface area contributed by atoms with Crippen molar-refractivity contribution in [3.05, 3.63) is 0 Å². The predicted octanol–water partition coefficient (Wildman–Crippen LogP) is 2.89. The van der Waals surface area contributed by atoms with Gasteiger partial charge in [-0.2, -0.15) is 0 Å². The van der Waals surface area contributed by atoms with Crippen LogP contribution >= 0.6 is 11.6 Å². The van der Waals surface area contributed by atoms with Gasteiger partial charge in [0.05, 0.1) is 0 Å². The van der Waals surface area contributed by atoms with Gasteiger partial charge in [-0.05, 0) is 25.3 Å². The summed E-state index contributed by atoms with van der Waals surface area (Å²) in [4.78, 5) is 0. The van der Waals surface area contributed by atoms with Crippen LogP contribution in [0.5, 0.6) is 0 Å². The zero-order chi connectivity index (χ0) is 9.56. The van der Waals surface area contributed by atoms with E-state index in [0.29, 0.717) is 12.0 Å². The normalized spacial score (nSPS) is 18.8. The lowest BCUT2D eigenvalue weighted by Gasteiger charge is -2.21. The predicted molar refractivity (Wildman–Crippen MR) is 56.8 cm³/mol. The number of hydrogen-bond acceptors (Lipinski definition) is 1. The molecule has 0 spiro atoms. The Hall–Kier alpha value is 0.250. The van der Waals surface area contributed by atoms with Crippen molar-refractivity contribution in [2.45, 2.75) is 40.2 Å². The lowest BCUT2D eigenvalue weighted by atomic mass is 10.0. The summed E-state index contributed by atoms with van der Waals surface area (Å²) in [5, 5.41) is 3.50. The van der Waals surface area contributed by atoms with Crippen molar-refractivity contribution >= 4 is 11.6 Å². The SMILES string of the molecule is CCC(C)CNC(C)C(C)CCl. The van der Waals surface area contributed by atoms with Crippen molar-refractivity contribution in [2.24, 2.45) is 11.8 Å². The van der Waals surface area contributed by atoms with Gasteiger partial charge in [0.2, 0.25) is 0 Å². The largest absolute Gasteiger partial charge is 0.314 e. The lowest BCUT2D eigenvalue weighted by Crippen LogP contribution is -2.35. The van der Waals surface area contributed by atoms with E-state index in [1.165, 1.54) is 6.42 Å². The third-order valence-electron chi connectivity index (χ3n) is 2.58. The lowest BCUT2D eigenvalue weighted by molar-refractivity contribution is 0.390. The molecule has 0 amide bonds. The van der Waals surface area contributed by atoms with E-state index in [-0.39, 0.29) is 0 Å². The van der Waals surface area contributed by atoms with Gasteiger partial charge in [0.25, 0.3) is 0 Å². The molecule has 3 unspecified atom stereocenters. The molecule has 0 saturated heterocycles. The van der Waals surface area contributed by atoms with Gasteiger partial charge in [0.15, 0.2) is 0 Å². The maximum Gasteiger partial charge on any atom is 0.0263 e. The molecular formula is C10H22ClN. The van der Waals surface area contributed by atoms with Crippen LogP contribution < -0.4 is 5.32 Å². The van der Waals surface area contributed by atoms with E-state index in [4.69, 9.17) is 11.6 Å². The molecule has 0 aromatic heterocycles. The van der Waals surface area contributed by atoms with E-state index >= 15 is 0 Å². The average molecular weight is 192 g/mol. The Morgan fingerprint density at radius 3 is 2.25 bits per heavy atom. The molecule has 1 N–H and O–H groups in total. The molecule has 0 radical (unpaired) electrons. The van der Waals surface area contributed by atoms with Gasteiger partial charge in [0, 0.05) is 11.9 Å². The van der Waals surface area contributed by atoms with Crippen LogP contribution in [0.15, 0.2) is 0 Å². The Kier molecular flexibility index (Phi) is 6.87. The number of hydrogen-bond donors (Lipinski definition) is 1. The maximum atomic E-state index is 5.76. The van der Waals surface area contributed by atoms with E-state index in [1.54, 1.807) is 0 Å². The molecule has 0 fully saturated rings. The molecule has 2 heteroatoms. The molecule has 0 aromatic carbocycles. The van der Waals surface area contributed by atoms with Gasteiger partial charge in [0.1, 0.15) is 0 Å². The molecule has 0 aliphatic heterocycles. The van der Waals surface area contributed by atoms with Crippen molar-refractivity contribution in [3.63, 3.8) is 0 Å². The summed E-state index contributed by atoms with van der Waals surface area (Å²) in [6, 6.07) is 0.538. The first-order valence-electron chi connectivity index (χ1n) is 4.91. The summed E-state index contributed by atoms with van der Waals surface area (Å²) in [6.07, 6.45) is 1.25. The minimum atomic E-state index is 0.538. The van der Waals surface area contributed by atoms with Gasteiger partial charge in [-0.25, -0.2) is 0 Å². The first kappa shape index (κ1) is 12.2. The smallest absolute Gasteiger partial charge is 0.0263 e. The number of rotatable bonds is 6. The molecule has 1 nitrogen and oxygen atoms in total. The van der Waals surface area contributed by atoms with E-state index in [9.17, 15) is 0 Å². The Morgan fingerprint density at radius 2 is 1.83 bits per heavy atom. The van der Waals surface area contributed by atoms with Crippen LogP contribution in [0.1, 0.15) is 34.1 Å². The summed E-state index contributed by atoms with van der Waals surface area (Å²) in [5.74, 6) is 2.08. The van der Waals surface area contributed by atoms with Crippen LogP contribution in [0, 0.1) is 11.8 Å². The van der Waals surface area contributed by atoms with E-state index < -0.39 is 0 Å². The molecule has 0 saturated carbocycles. The quantitative estimate of drug-likeness (QED) is 0.637. The van der Waals surface area contributed by atoms with Crippen molar-refractivity contribution in [2.75, 3.05) is 12.4 Å². The Morgan fingerprint density at radius 1 is 1.25 bits per heavy atom. The first-order valence-corrected chi connectivity index (χ1v) is 5.44. The molecular weight excluding hydrogens is 170 g/mol. The number of halogens is 1. The van der Waals surface area contributed by atoms with Gasteiger partial charge < -0.3 is 5.32 Å². The molecule has 0 bridgehead atoms. The monoisotopic (exact) mass is 191 g/mol. The van der Waals surface area contributed by atoms with Crippen molar-refractivity contribution in [3.8, 4) is 0 Å². The van der Waals surface area contributed by atoms with Crippen LogP contribution in [0.2, 0.25) is 0 Å². The van der Waals surface area contributed by atoms with E-state index in [2.05, 4.69) is 33.0 Å². The molecule has 0 aliphatic carbocycles. The van der Waals surface area contributed by atoms with E-state index in [1.807, 2.05) is 0 Å². The molecule has 0 rings (SSSR count). The van der Waals surface area contributed by atoms with Crippen LogP contribution in [0.4, 0.5) is 0 Å². The van der Waals surface area contributed by atoms with E-state index in [0.717, 1.165) is 18.3 Å². The fraction of sp³-hybridized carbons (Fsp3) is 1.00. The highest BCUT2D eigenvalue weighted by Gasteiger charge is 2.10. The van der Waals surface area contributed by atoms with Crippen LogP contribution in [0.25, 0.3) is 0 Å². The molecule has 0 heterocycles. The Bertz CT molecular complexity index is 106. The highest BCUT2D eigenvalue weighted by Crippen LogP contribution is 2.06. The topological polar surface area (TPSA) is 12.0 Å². The first-order chi connectivity index (χ1) is 5.61. The maximum absolute atomic E-state index is 5.76. The number of nitrogens with one attached hydrogen (secondary N) is 1. The zero-order valence-electron chi connectivity index (χ0n) is 8.73. The minimum absolute atomic E-state index is 0.538. The second-order valence-corrected chi connectivity index (χ2v) is 4.15. The summed E-state index contributed by atoms with van der Waals surface area (Å²) < 4.78 is 0. The third kappa shape index (κ3) is 5.00. The van der Waals surface area contributed by atoms with Gasteiger partial charge >= 0.3 is 0 Å². The molecule has 0 aromatic rings. The second-order valence-electron chi connectivity index (χ2n) is 3.84. The molecule has 0 aliphatic rings. The van der Waals surface area contributed by atoms with Crippen molar-refractivity contribution in [1.29, 1.82) is 0 Å². The zero-order valence-corrected chi connectivity index (χ0v) is 9.49. The van der Waals surface area contributed by atoms with Crippen LogP contribution in [-0.4, -0.2) is 18.5 Å². The summed E-state index contributed by atoms with van der Waals surface area (Å²) >= 11 is 5.76. The Labute approximate surface area is 81.9 Å². The van der Waals surface area contributed by atoms with Crippen LogP contribution in [-0.2, 0) is 0 Å². The molecule has 74 valence electrons. The fourth-order valence-electron chi connectivity index (χ4n) is 0.866. The molecule has 12 heavy (non-hydrogen) atoms. The number of alkyl halides is 1. The average Bonchev–Trinajstić information content (AvgIpc) is 2.11. The van der Waals surface area contributed by atoms with Gasteiger partial charge in [-0.3, -0.25) is 0 Å². The minimum Gasteiger partial charge on any atom is -0.314 e. The summed E-state index contributed by atoms with van der Waals surface area (Å²) in [7, 11) is 0. The summed E-state index contributed by atoms with van der Waals surface area (Å²) in [6.45, 7) is 9.99. The van der Waals surface area contributed by atoms with Gasteiger partial charge in [-0.1, -0.05) is 27.2 Å². The highest BCUT2D eigenvalue weighted by atomic mass is 35.5. The molecule has 3 atom stereocenters. The highest BCUT2D eigenvalue weighted by molar-refractivity contribution is 6.18. The second kappa shape index (κ2) is 6.73.